The van der Waals surface area contributed by atoms with Crippen molar-refractivity contribution in [1.29, 1.82) is 0 Å². The van der Waals surface area contributed by atoms with Crippen LogP contribution in [0.3, 0.4) is 0 Å². The summed E-state index contributed by atoms with van der Waals surface area (Å²) in [7, 11) is 0. The molecule has 0 nitrogen and oxygen atoms in total. The molecule has 0 bridgehead atoms. The molecule has 6 heteroatoms. The van der Waals surface area contributed by atoms with E-state index in [0.29, 0.717) is 5.02 Å². The van der Waals surface area contributed by atoms with E-state index in [0.717, 1.165) is 0 Å². The zero-order chi connectivity index (χ0) is 12.1. The van der Waals surface area contributed by atoms with Crippen LogP contribution < -0.4 is 0 Å². The van der Waals surface area contributed by atoms with Crippen molar-refractivity contribution < 1.29 is 22.0 Å². The van der Waals surface area contributed by atoms with Crippen LogP contribution in [0.1, 0.15) is 11.5 Å². The van der Waals surface area contributed by atoms with Gasteiger partial charge in [0.1, 0.15) is 5.92 Å². The normalized spacial score (nSPS) is 27.9. The number of benzene rings is 1. The summed E-state index contributed by atoms with van der Waals surface area (Å²) in [6.07, 6.45) is -4.87. The highest BCUT2D eigenvalue weighted by Gasteiger charge is 2.78. The average molecular weight is 257 g/mol. The van der Waals surface area contributed by atoms with Gasteiger partial charge in [-0.1, -0.05) is 23.7 Å². The monoisotopic (exact) mass is 256 g/mol. The van der Waals surface area contributed by atoms with E-state index in [2.05, 4.69) is 0 Å². The van der Waals surface area contributed by atoms with Crippen LogP contribution in [0.25, 0.3) is 0 Å². The zero-order valence-electron chi connectivity index (χ0n) is 7.73. The van der Waals surface area contributed by atoms with Crippen LogP contribution in [-0.2, 0) is 0 Å². The summed E-state index contributed by atoms with van der Waals surface area (Å²) in [5, 5.41) is 0.302. The minimum absolute atomic E-state index is 0.0308. The van der Waals surface area contributed by atoms with Crippen LogP contribution >= 0.6 is 11.6 Å². The van der Waals surface area contributed by atoms with Gasteiger partial charge in [0.15, 0.2) is 0 Å². The largest absolute Gasteiger partial charge is 0.398 e. The van der Waals surface area contributed by atoms with Gasteiger partial charge in [0.2, 0.25) is 0 Å². The number of hydrogen-bond acceptors (Lipinski definition) is 0. The molecule has 0 aliphatic heterocycles. The minimum atomic E-state index is -4.87. The SMILES string of the molecule is FC(F)(F)[C@@H]1C(c2ccc(Cl)cc2)C1(F)F. The molecule has 0 radical (unpaired) electrons. The lowest BCUT2D eigenvalue weighted by Crippen LogP contribution is -2.15. The zero-order valence-corrected chi connectivity index (χ0v) is 8.49. The number of alkyl halides is 5. The first kappa shape index (κ1) is 11.6. The lowest BCUT2D eigenvalue weighted by molar-refractivity contribution is -0.167. The van der Waals surface area contributed by atoms with Gasteiger partial charge in [-0.3, -0.25) is 0 Å². The molecule has 0 saturated heterocycles. The summed E-state index contributed by atoms with van der Waals surface area (Å²) < 4.78 is 62.7. The highest BCUT2D eigenvalue weighted by Crippen LogP contribution is 2.67. The second kappa shape index (κ2) is 3.32. The quantitative estimate of drug-likeness (QED) is 0.659. The fraction of sp³-hybridized carbons (Fsp3) is 0.400. The predicted molar refractivity (Wildman–Crippen MR) is 48.7 cm³/mol. The number of rotatable bonds is 1. The van der Waals surface area contributed by atoms with E-state index < -0.39 is 23.9 Å². The molecule has 1 aromatic carbocycles. The summed E-state index contributed by atoms with van der Waals surface area (Å²) in [5.41, 5.74) is -0.0308. The molecule has 1 aromatic rings. The van der Waals surface area contributed by atoms with Gasteiger partial charge in [0, 0.05) is 5.02 Å². The smallest absolute Gasteiger partial charge is 0.205 e. The van der Waals surface area contributed by atoms with E-state index in [-0.39, 0.29) is 5.56 Å². The van der Waals surface area contributed by atoms with Crippen LogP contribution in [0.15, 0.2) is 24.3 Å². The molecule has 1 aliphatic carbocycles. The first-order valence-electron chi connectivity index (χ1n) is 4.44. The Labute approximate surface area is 93.0 Å². The summed E-state index contributed by atoms with van der Waals surface area (Å²) in [5.74, 6) is -8.04. The lowest BCUT2D eigenvalue weighted by atomic mass is 10.1. The van der Waals surface area contributed by atoms with Crippen molar-refractivity contribution in [3.63, 3.8) is 0 Å². The highest BCUT2D eigenvalue weighted by atomic mass is 35.5. The molecule has 1 aliphatic rings. The van der Waals surface area contributed by atoms with Crippen LogP contribution in [0.4, 0.5) is 22.0 Å². The van der Waals surface area contributed by atoms with Gasteiger partial charge in [-0.15, -0.1) is 0 Å². The topological polar surface area (TPSA) is 0 Å². The van der Waals surface area contributed by atoms with Crippen LogP contribution in [0.5, 0.6) is 0 Å². The lowest BCUT2D eigenvalue weighted by Gasteiger charge is -2.03. The van der Waals surface area contributed by atoms with E-state index in [1.54, 1.807) is 0 Å². The maximum Gasteiger partial charge on any atom is 0.398 e. The maximum absolute atomic E-state index is 13.0. The molecule has 1 unspecified atom stereocenters. The molecule has 88 valence electrons. The van der Waals surface area contributed by atoms with Crippen molar-refractivity contribution in [2.75, 3.05) is 0 Å². The number of hydrogen-bond donors (Lipinski definition) is 0. The molecule has 1 saturated carbocycles. The fourth-order valence-electron chi connectivity index (χ4n) is 1.82. The Morgan fingerprint density at radius 3 is 1.94 bits per heavy atom. The van der Waals surface area contributed by atoms with Gasteiger partial charge in [-0.25, -0.2) is 8.78 Å². The summed E-state index contributed by atoms with van der Waals surface area (Å²) in [4.78, 5) is 0. The van der Waals surface area contributed by atoms with E-state index in [1.165, 1.54) is 24.3 Å². The molecule has 1 fully saturated rings. The summed E-state index contributed by atoms with van der Waals surface area (Å²) in [6.45, 7) is 0. The van der Waals surface area contributed by atoms with Gasteiger partial charge in [-0.05, 0) is 17.7 Å². The molecule has 0 spiro atoms. The molecule has 2 rings (SSSR count). The predicted octanol–water partition coefficient (Wildman–Crippen LogP) is 4.25. The molecule has 0 heterocycles. The Balaban J connectivity index is 2.28. The Bertz CT molecular complexity index is 395. The van der Waals surface area contributed by atoms with E-state index >= 15 is 0 Å². The van der Waals surface area contributed by atoms with Crippen molar-refractivity contribution in [1.82, 2.24) is 0 Å². The van der Waals surface area contributed by atoms with E-state index in [9.17, 15) is 22.0 Å². The molecular weight excluding hydrogens is 251 g/mol. The van der Waals surface area contributed by atoms with Crippen LogP contribution in [0, 0.1) is 5.92 Å². The van der Waals surface area contributed by atoms with E-state index in [4.69, 9.17) is 11.6 Å². The van der Waals surface area contributed by atoms with Gasteiger partial charge < -0.3 is 0 Å². The van der Waals surface area contributed by atoms with Crippen molar-refractivity contribution in [2.24, 2.45) is 5.92 Å². The molecule has 0 aromatic heterocycles. The third kappa shape index (κ3) is 1.77. The van der Waals surface area contributed by atoms with Crippen molar-refractivity contribution in [3.8, 4) is 0 Å². The Kier molecular flexibility index (Phi) is 2.42. The van der Waals surface area contributed by atoms with Gasteiger partial charge >= 0.3 is 6.18 Å². The molecule has 0 amide bonds. The molecule has 2 atom stereocenters. The number of halogens is 6. The summed E-state index contributed by atoms with van der Waals surface area (Å²) in [6, 6.07) is 5.01. The standard InChI is InChI=1S/C10H6ClF5/c11-6-3-1-5(2-4-6)7-8(9(7,12)13)10(14,15)16/h1-4,7-8H/t7?,8-/m1/s1. The average Bonchev–Trinajstić information content (AvgIpc) is 2.70. The first-order chi connectivity index (χ1) is 7.24. The Morgan fingerprint density at radius 2 is 1.56 bits per heavy atom. The van der Waals surface area contributed by atoms with Crippen molar-refractivity contribution >= 4 is 11.6 Å². The highest BCUT2D eigenvalue weighted by molar-refractivity contribution is 6.30. The Hall–Kier alpha value is -0.840. The summed E-state index contributed by atoms with van der Waals surface area (Å²) >= 11 is 5.52. The van der Waals surface area contributed by atoms with Gasteiger partial charge in [0.25, 0.3) is 5.92 Å². The molecule has 0 N–H and O–H groups in total. The van der Waals surface area contributed by atoms with E-state index in [1.807, 2.05) is 0 Å². The van der Waals surface area contributed by atoms with Crippen LogP contribution in [0.2, 0.25) is 5.02 Å². The minimum Gasteiger partial charge on any atom is -0.205 e. The second-order valence-corrected chi connectivity index (χ2v) is 4.16. The van der Waals surface area contributed by atoms with Crippen LogP contribution in [-0.4, -0.2) is 12.1 Å². The molecular formula is C10H6ClF5. The van der Waals surface area contributed by atoms with Crippen molar-refractivity contribution in [3.05, 3.63) is 34.9 Å². The third-order valence-electron chi connectivity index (χ3n) is 2.64. The first-order valence-corrected chi connectivity index (χ1v) is 4.82. The second-order valence-electron chi connectivity index (χ2n) is 3.72. The fourth-order valence-corrected chi connectivity index (χ4v) is 1.94. The maximum atomic E-state index is 13.0. The van der Waals surface area contributed by atoms with Gasteiger partial charge in [0.05, 0.1) is 5.92 Å². The Morgan fingerprint density at radius 1 is 1.06 bits per heavy atom. The van der Waals surface area contributed by atoms with Gasteiger partial charge in [-0.2, -0.15) is 13.2 Å². The third-order valence-corrected chi connectivity index (χ3v) is 2.89. The van der Waals surface area contributed by atoms with Crippen molar-refractivity contribution in [2.45, 2.75) is 18.0 Å². The molecule has 16 heavy (non-hydrogen) atoms.